The summed E-state index contributed by atoms with van der Waals surface area (Å²) >= 11 is 0. The maximum absolute atomic E-state index is 11.0. The number of hydrogen-bond acceptors (Lipinski definition) is 4. The summed E-state index contributed by atoms with van der Waals surface area (Å²) in [6, 6.07) is 17.8. The van der Waals surface area contributed by atoms with Crippen LogP contribution in [0.4, 0.5) is 0 Å². The van der Waals surface area contributed by atoms with E-state index >= 15 is 0 Å². The second-order valence-electron chi connectivity index (χ2n) is 5.24. The molecule has 0 heterocycles. The van der Waals surface area contributed by atoms with Gasteiger partial charge in [0.1, 0.15) is 4.90 Å². The average molecular weight is 380 g/mol. The second kappa shape index (κ2) is 7.32. The van der Waals surface area contributed by atoms with Gasteiger partial charge in [-0.1, -0.05) is 54.1 Å². The first-order valence-corrected chi connectivity index (χ1v) is 9.96. The molecular formula is C17H16O6S2. The van der Waals surface area contributed by atoms with Gasteiger partial charge in [-0.05, 0) is 30.5 Å². The molecule has 0 aliphatic carbocycles. The van der Waals surface area contributed by atoms with Crippen molar-refractivity contribution in [1.29, 1.82) is 0 Å². The summed E-state index contributed by atoms with van der Waals surface area (Å²) in [6.07, 6.45) is 0. The zero-order valence-electron chi connectivity index (χ0n) is 13.2. The monoisotopic (exact) mass is 380 g/mol. The van der Waals surface area contributed by atoms with E-state index in [2.05, 4.69) is 0 Å². The predicted molar refractivity (Wildman–Crippen MR) is 94.8 cm³/mol. The summed E-state index contributed by atoms with van der Waals surface area (Å²) in [5.41, 5.74) is 0.956. The highest BCUT2D eigenvalue weighted by Crippen LogP contribution is 2.22. The third kappa shape index (κ3) is 5.10. The molecule has 0 saturated heterocycles. The Kier molecular flexibility index (Phi) is 5.58. The number of aryl methyl sites for hydroxylation is 1. The molecule has 0 saturated carbocycles. The van der Waals surface area contributed by atoms with Crippen molar-refractivity contribution in [1.82, 2.24) is 0 Å². The van der Waals surface area contributed by atoms with E-state index in [1.807, 2.05) is 13.0 Å². The van der Waals surface area contributed by atoms with E-state index < -0.39 is 20.2 Å². The van der Waals surface area contributed by atoms with Crippen LogP contribution in [0.25, 0.3) is 10.8 Å². The van der Waals surface area contributed by atoms with Crippen LogP contribution < -0.4 is 0 Å². The summed E-state index contributed by atoms with van der Waals surface area (Å²) < 4.78 is 60.5. The topological polar surface area (TPSA) is 109 Å². The molecule has 0 atom stereocenters. The van der Waals surface area contributed by atoms with Gasteiger partial charge in [0, 0.05) is 5.39 Å². The molecule has 0 aliphatic rings. The molecule has 3 aromatic rings. The largest absolute Gasteiger partial charge is 0.295 e. The fourth-order valence-corrected chi connectivity index (χ4v) is 3.33. The first-order chi connectivity index (χ1) is 11.6. The van der Waals surface area contributed by atoms with Gasteiger partial charge in [0.25, 0.3) is 20.2 Å². The van der Waals surface area contributed by atoms with Crippen LogP contribution >= 0.6 is 0 Å². The molecule has 0 aromatic heterocycles. The molecule has 0 fully saturated rings. The molecule has 25 heavy (non-hydrogen) atoms. The number of fused-ring (bicyclic) bond motifs is 1. The van der Waals surface area contributed by atoms with E-state index in [-0.39, 0.29) is 9.79 Å². The molecule has 132 valence electrons. The molecule has 0 spiro atoms. The van der Waals surface area contributed by atoms with Crippen molar-refractivity contribution in [3.8, 4) is 0 Å². The summed E-state index contributed by atoms with van der Waals surface area (Å²) in [5, 5.41) is 1.33. The lowest BCUT2D eigenvalue weighted by Crippen LogP contribution is -1.98. The van der Waals surface area contributed by atoms with Gasteiger partial charge >= 0.3 is 0 Å². The molecule has 0 aliphatic heterocycles. The van der Waals surface area contributed by atoms with Crippen molar-refractivity contribution >= 4 is 31.0 Å². The average Bonchev–Trinajstić information content (AvgIpc) is 2.53. The van der Waals surface area contributed by atoms with E-state index in [1.54, 1.807) is 42.5 Å². The molecular weight excluding hydrogens is 364 g/mol. The lowest BCUT2D eigenvalue weighted by Gasteiger charge is -2.02. The Labute approximate surface area is 146 Å². The Bertz CT molecular complexity index is 1080. The van der Waals surface area contributed by atoms with Gasteiger partial charge in [-0.3, -0.25) is 9.11 Å². The molecule has 3 rings (SSSR count). The van der Waals surface area contributed by atoms with Gasteiger partial charge in [0.15, 0.2) is 0 Å². The zero-order valence-corrected chi connectivity index (χ0v) is 14.8. The Hall–Kier alpha value is -2.26. The SMILES string of the molecule is Cc1ccc(S(=O)(=O)O)cc1.O=S(=O)(O)c1cccc2ccccc12. The third-order valence-electron chi connectivity index (χ3n) is 3.35. The highest BCUT2D eigenvalue weighted by Gasteiger charge is 2.12. The van der Waals surface area contributed by atoms with Crippen LogP contribution in [0.3, 0.4) is 0 Å². The smallest absolute Gasteiger partial charge is 0.282 e. The number of hydrogen-bond donors (Lipinski definition) is 2. The normalized spacial score (nSPS) is 11.6. The van der Waals surface area contributed by atoms with Gasteiger partial charge in [-0.15, -0.1) is 0 Å². The van der Waals surface area contributed by atoms with E-state index in [0.717, 1.165) is 10.9 Å². The van der Waals surface area contributed by atoms with Crippen molar-refractivity contribution in [2.75, 3.05) is 0 Å². The zero-order chi connectivity index (χ0) is 18.7. The molecule has 0 amide bonds. The summed E-state index contributed by atoms with van der Waals surface area (Å²) in [6.45, 7) is 1.84. The third-order valence-corrected chi connectivity index (χ3v) is 5.13. The first-order valence-electron chi connectivity index (χ1n) is 7.08. The van der Waals surface area contributed by atoms with Crippen LogP contribution in [0.15, 0.2) is 76.5 Å². The van der Waals surface area contributed by atoms with Gasteiger partial charge in [-0.25, -0.2) is 0 Å². The van der Waals surface area contributed by atoms with Crippen molar-refractivity contribution < 1.29 is 25.9 Å². The quantitative estimate of drug-likeness (QED) is 0.660. The van der Waals surface area contributed by atoms with Crippen LogP contribution in [0.2, 0.25) is 0 Å². The van der Waals surface area contributed by atoms with Crippen molar-refractivity contribution in [3.05, 3.63) is 72.3 Å². The Balaban J connectivity index is 0.000000186. The molecule has 3 aromatic carbocycles. The number of benzene rings is 3. The second-order valence-corrected chi connectivity index (χ2v) is 8.05. The minimum atomic E-state index is -4.13. The van der Waals surface area contributed by atoms with Gasteiger partial charge in [0.05, 0.1) is 4.90 Å². The van der Waals surface area contributed by atoms with Crippen LogP contribution in [-0.4, -0.2) is 25.9 Å². The summed E-state index contributed by atoms with van der Waals surface area (Å²) in [5.74, 6) is 0. The van der Waals surface area contributed by atoms with E-state index in [4.69, 9.17) is 9.11 Å². The highest BCUT2D eigenvalue weighted by atomic mass is 32.2. The van der Waals surface area contributed by atoms with Gasteiger partial charge in [0.2, 0.25) is 0 Å². The van der Waals surface area contributed by atoms with Gasteiger partial charge in [-0.2, -0.15) is 16.8 Å². The van der Waals surface area contributed by atoms with Crippen LogP contribution in [0, 0.1) is 6.92 Å². The standard InChI is InChI=1S/C10H8O3S.C7H8O3S/c11-14(12,13)10-7-3-5-8-4-1-2-6-9(8)10;1-6-2-4-7(5-3-6)11(8,9)10/h1-7H,(H,11,12,13);2-5H,1H3,(H,8,9,10). The lowest BCUT2D eigenvalue weighted by molar-refractivity contribution is 0.481. The van der Waals surface area contributed by atoms with E-state index in [9.17, 15) is 16.8 Å². The molecule has 8 heteroatoms. The molecule has 0 unspecified atom stereocenters. The Morgan fingerprint density at radius 1 is 0.680 bits per heavy atom. The van der Waals surface area contributed by atoms with Crippen molar-refractivity contribution in [2.45, 2.75) is 16.7 Å². The molecule has 0 radical (unpaired) electrons. The van der Waals surface area contributed by atoms with E-state index in [1.165, 1.54) is 18.2 Å². The maximum atomic E-state index is 11.0. The summed E-state index contributed by atoms with van der Waals surface area (Å²) in [7, 11) is -8.15. The van der Waals surface area contributed by atoms with Crippen LogP contribution in [0.1, 0.15) is 5.56 Å². The Morgan fingerprint density at radius 3 is 1.80 bits per heavy atom. The molecule has 0 bridgehead atoms. The fraction of sp³-hybridized carbons (Fsp3) is 0.0588. The molecule has 6 nitrogen and oxygen atoms in total. The van der Waals surface area contributed by atoms with Crippen LogP contribution in [0.5, 0.6) is 0 Å². The minimum absolute atomic E-state index is 0.0457. The first kappa shape index (κ1) is 19.1. The van der Waals surface area contributed by atoms with E-state index in [0.29, 0.717) is 5.39 Å². The Morgan fingerprint density at radius 2 is 1.24 bits per heavy atom. The highest BCUT2D eigenvalue weighted by molar-refractivity contribution is 7.86. The van der Waals surface area contributed by atoms with Gasteiger partial charge < -0.3 is 0 Å². The van der Waals surface area contributed by atoms with Crippen molar-refractivity contribution in [2.24, 2.45) is 0 Å². The summed E-state index contributed by atoms with van der Waals surface area (Å²) in [4.78, 5) is -0.112. The van der Waals surface area contributed by atoms with Crippen LogP contribution in [-0.2, 0) is 20.2 Å². The lowest BCUT2D eigenvalue weighted by atomic mass is 10.1. The fourth-order valence-electron chi connectivity index (χ4n) is 2.13. The molecule has 2 N–H and O–H groups in total. The van der Waals surface area contributed by atoms with Crippen molar-refractivity contribution in [3.63, 3.8) is 0 Å². The maximum Gasteiger partial charge on any atom is 0.295 e. The number of rotatable bonds is 2. The predicted octanol–water partition coefficient (Wildman–Crippen LogP) is 3.33. The minimum Gasteiger partial charge on any atom is -0.282 e.